The van der Waals surface area contributed by atoms with Gasteiger partial charge >= 0.3 is 0 Å². The van der Waals surface area contributed by atoms with Gasteiger partial charge in [-0.1, -0.05) is 23.9 Å². The van der Waals surface area contributed by atoms with Crippen LogP contribution in [0.4, 0.5) is 5.69 Å². The maximum atomic E-state index is 12.3. The van der Waals surface area contributed by atoms with Gasteiger partial charge in [0.1, 0.15) is 12.4 Å². The average molecular weight is 315 g/mol. The Morgan fingerprint density at radius 3 is 2.77 bits per heavy atom. The summed E-state index contributed by atoms with van der Waals surface area (Å²) in [6.45, 7) is 5.86. The van der Waals surface area contributed by atoms with E-state index in [1.54, 1.807) is 37.5 Å². The Hall–Kier alpha value is -2.33. The zero-order valence-corrected chi connectivity index (χ0v) is 13.5. The van der Waals surface area contributed by atoms with Crippen LogP contribution in [-0.4, -0.2) is 25.9 Å². The van der Waals surface area contributed by atoms with Crippen molar-refractivity contribution in [3.05, 3.63) is 36.2 Å². The van der Waals surface area contributed by atoms with E-state index in [9.17, 15) is 4.79 Å². The van der Waals surface area contributed by atoms with E-state index in [4.69, 9.17) is 5.26 Å². The van der Waals surface area contributed by atoms with E-state index in [1.807, 2.05) is 18.4 Å². The number of benzene rings is 1. The summed E-state index contributed by atoms with van der Waals surface area (Å²) in [5.41, 5.74) is 0.964. The summed E-state index contributed by atoms with van der Waals surface area (Å²) in [6.07, 6.45) is 1.66. The lowest BCUT2D eigenvalue weighted by Gasteiger charge is -2.14. The van der Waals surface area contributed by atoms with Gasteiger partial charge in [0.15, 0.2) is 5.16 Å². The fourth-order valence-electron chi connectivity index (χ4n) is 1.81. The van der Waals surface area contributed by atoms with Gasteiger partial charge in [0, 0.05) is 6.04 Å². The molecule has 114 valence electrons. The quantitative estimate of drug-likeness (QED) is 0.858. The van der Waals surface area contributed by atoms with E-state index in [0.717, 1.165) is 0 Å². The van der Waals surface area contributed by atoms with Crippen LogP contribution in [0.2, 0.25) is 0 Å². The van der Waals surface area contributed by atoms with E-state index < -0.39 is 0 Å². The summed E-state index contributed by atoms with van der Waals surface area (Å²) < 4.78 is 1.91. The van der Waals surface area contributed by atoms with Crippen molar-refractivity contribution in [2.75, 3.05) is 5.32 Å². The number of thioether (sulfide) groups is 1. The molecule has 7 heteroatoms. The van der Waals surface area contributed by atoms with E-state index in [2.05, 4.69) is 21.6 Å². The molecular weight excluding hydrogens is 298 g/mol. The van der Waals surface area contributed by atoms with Crippen LogP contribution in [0.1, 0.15) is 32.4 Å². The van der Waals surface area contributed by atoms with Crippen LogP contribution >= 0.6 is 11.8 Å². The molecule has 0 aliphatic rings. The number of rotatable bonds is 5. The number of nitriles is 1. The molecule has 2 aromatic rings. The zero-order valence-electron chi connectivity index (χ0n) is 12.6. The van der Waals surface area contributed by atoms with E-state index in [1.165, 1.54) is 11.8 Å². The third kappa shape index (κ3) is 3.65. The second-order valence-electron chi connectivity index (χ2n) is 5.02. The molecule has 0 bridgehead atoms. The maximum absolute atomic E-state index is 12.3. The topological polar surface area (TPSA) is 83.6 Å². The number of nitrogens with one attached hydrogen (secondary N) is 1. The van der Waals surface area contributed by atoms with E-state index in [0.29, 0.717) is 16.4 Å². The Balaban J connectivity index is 2.07. The lowest BCUT2D eigenvalue weighted by atomic mass is 10.2. The highest BCUT2D eigenvalue weighted by Crippen LogP contribution is 2.24. The number of anilines is 1. The van der Waals surface area contributed by atoms with Crippen molar-refractivity contribution in [3.63, 3.8) is 0 Å². The largest absolute Gasteiger partial charge is 0.324 e. The summed E-state index contributed by atoms with van der Waals surface area (Å²) in [7, 11) is 0. The highest BCUT2D eigenvalue weighted by atomic mass is 32.2. The van der Waals surface area contributed by atoms with Crippen LogP contribution in [0.25, 0.3) is 0 Å². The van der Waals surface area contributed by atoms with Gasteiger partial charge in [0.05, 0.1) is 16.5 Å². The molecule has 0 saturated heterocycles. The molecule has 1 amide bonds. The number of nitrogens with zero attached hydrogens (tertiary/aromatic N) is 4. The minimum Gasteiger partial charge on any atom is -0.324 e. The molecule has 0 aliphatic heterocycles. The number of aromatic nitrogens is 3. The lowest BCUT2D eigenvalue weighted by molar-refractivity contribution is -0.115. The second kappa shape index (κ2) is 7.09. The minimum atomic E-state index is -0.353. The number of hydrogen-bond donors (Lipinski definition) is 1. The molecule has 1 atom stereocenters. The third-order valence-corrected chi connectivity index (χ3v) is 4.12. The summed E-state index contributed by atoms with van der Waals surface area (Å²) >= 11 is 1.34. The van der Waals surface area contributed by atoms with Gasteiger partial charge in [-0.2, -0.15) is 5.26 Å². The van der Waals surface area contributed by atoms with Crippen LogP contribution in [0.5, 0.6) is 0 Å². The average Bonchev–Trinajstić information content (AvgIpc) is 2.96. The molecule has 1 heterocycles. The van der Waals surface area contributed by atoms with Gasteiger partial charge in [-0.05, 0) is 32.9 Å². The van der Waals surface area contributed by atoms with Gasteiger partial charge in [-0.3, -0.25) is 4.79 Å². The summed E-state index contributed by atoms with van der Waals surface area (Å²) in [6, 6.07) is 9.22. The van der Waals surface area contributed by atoms with Crippen molar-refractivity contribution in [1.29, 1.82) is 5.26 Å². The Morgan fingerprint density at radius 1 is 1.36 bits per heavy atom. The van der Waals surface area contributed by atoms with Gasteiger partial charge in [-0.25, -0.2) is 0 Å². The zero-order chi connectivity index (χ0) is 16.1. The van der Waals surface area contributed by atoms with Crippen LogP contribution in [-0.2, 0) is 4.79 Å². The van der Waals surface area contributed by atoms with E-state index >= 15 is 0 Å². The number of para-hydroxylation sites is 1. The molecule has 0 aliphatic carbocycles. The first kappa shape index (κ1) is 16.0. The Morgan fingerprint density at radius 2 is 2.09 bits per heavy atom. The van der Waals surface area contributed by atoms with Gasteiger partial charge < -0.3 is 9.88 Å². The predicted octanol–water partition coefficient (Wildman–Crippen LogP) is 2.85. The molecular formula is C15H17N5OS. The highest BCUT2D eigenvalue weighted by Gasteiger charge is 2.19. The number of amides is 1. The highest BCUT2D eigenvalue weighted by molar-refractivity contribution is 8.00. The molecule has 0 radical (unpaired) electrons. The van der Waals surface area contributed by atoms with Gasteiger partial charge in [0.25, 0.3) is 0 Å². The fourth-order valence-corrected chi connectivity index (χ4v) is 2.76. The van der Waals surface area contributed by atoms with Crippen LogP contribution in [0, 0.1) is 11.3 Å². The fraction of sp³-hybridized carbons (Fsp3) is 0.333. The number of carbonyl (C=O) groups excluding carboxylic acids is 1. The first-order valence-electron chi connectivity index (χ1n) is 6.89. The smallest absolute Gasteiger partial charge is 0.237 e. The molecule has 0 saturated carbocycles. The first-order chi connectivity index (χ1) is 10.5. The standard InChI is InChI=1S/C15H17N5OS/c1-10(2)20-9-17-19-15(20)22-11(3)14(21)18-13-7-5-4-6-12(13)8-16/h4-7,9-11H,1-3H3,(H,18,21)/t11-/m0/s1. The van der Waals surface area contributed by atoms with Crippen molar-refractivity contribution >= 4 is 23.4 Å². The number of carbonyl (C=O) groups is 1. The third-order valence-electron chi connectivity index (χ3n) is 3.05. The van der Waals surface area contributed by atoms with Gasteiger partial charge in [-0.15, -0.1) is 10.2 Å². The van der Waals surface area contributed by atoms with Crippen molar-refractivity contribution < 1.29 is 4.79 Å². The Kier molecular flexibility index (Phi) is 5.17. The minimum absolute atomic E-state index is 0.175. The second-order valence-corrected chi connectivity index (χ2v) is 6.33. The summed E-state index contributed by atoms with van der Waals surface area (Å²) in [5.74, 6) is -0.175. The molecule has 2 rings (SSSR count). The van der Waals surface area contributed by atoms with Crippen molar-refractivity contribution in [3.8, 4) is 6.07 Å². The Bertz CT molecular complexity index is 704. The lowest BCUT2D eigenvalue weighted by Crippen LogP contribution is -2.23. The molecule has 6 nitrogen and oxygen atoms in total. The molecule has 0 unspecified atom stereocenters. The van der Waals surface area contributed by atoms with Crippen LogP contribution < -0.4 is 5.32 Å². The van der Waals surface area contributed by atoms with Crippen molar-refractivity contribution in [2.24, 2.45) is 0 Å². The molecule has 0 spiro atoms. The van der Waals surface area contributed by atoms with E-state index in [-0.39, 0.29) is 17.2 Å². The molecule has 1 N–H and O–H groups in total. The Labute approximate surface area is 133 Å². The monoisotopic (exact) mass is 315 g/mol. The molecule has 22 heavy (non-hydrogen) atoms. The SMILES string of the molecule is CC(C)n1cnnc1S[C@@H](C)C(=O)Nc1ccccc1C#N. The van der Waals surface area contributed by atoms with Crippen molar-refractivity contribution in [1.82, 2.24) is 14.8 Å². The summed E-state index contributed by atoms with van der Waals surface area (Å²) in [5, 5.41) is 20.1. The van der Waals surface area contributed by atoms with Crippen LogP contribution in [0.15, 0.2) is 35.7 Å². The number of hydrogen-bond acceptors (Lipinski definition) is 5. The summed E-state index contributed by atoms with van der Waals surface area (Å²) in [4.78, 5) is 12.3. The maximum Gasteiger partial charge on any atom is 0.237 e. The first-order valence-corrected chi connectivity index (χ1v) is 7.77. The molecule has 1 aromatic heterocycles. The predicted molar refractivity (Wildman–Crippen MR) is 85.5 cm³/mol. The molecule has 0 fully saturated rings. The van der Waals surface area contributed by atoms with Crippen LogP contribution in [0.3, 0.4) is 0 Å². The molecule has 1 aromatic carbocycles. The van der Waals surface area contributed by atoms with Gasteiger partial charge in [0.2, 0.25) is 5.91 Å². The normalized spacial score (nSPS) is 12.0. The van der Waals surface area contributed by atoms with Crippen molar-refractivity contribution in [2.45, 2.75) is 37.2 Å².